The molecule has 2 aromatic rings. The molecule has 7 nitrogen and oxygen atoms in total. The average Bonchev–Trinajstić information content (AvgIpc) is 3.17. The van der Waals surface area contributed by atoms with Crippen molar-refractivity contribution < 1.29 is 27.2 Å². The number of halogens is 5. The quantitative estimate of drug-likeness (QED) is 0.576. The SMILES string of the molecule is Cc1cc(C(F)(F)F)cc(N2C(=O)CC3CN(CC4CCNCC4)c4c(F)cccc4N(C)C(=O)[C@H]32)n1.Cl. The molecule has 206 valence electrons. The van der Waals surface area contributed by atoms with Crippen LogP contribution in [0.15, 0.2) is 30.3 Å². The smallest absolute Gasteiger partial charge is 0.367 e. The largest absolute Gasteiger partial charge is 0.416 e. The molecule has 3 aliphatic rings. The van der Waals surface area contributed by atoms with Crippen LogP contribution in [0.2, 0.25) is 0 Å². The fraction of sp³-hybridized carbons (Fsp3) is 0.500. The lowest BCUT2D eigenvalue weighted by Crippen LogP contribution is -2.53. The summed E-state index contributed by atoms with van der Waals surface area (Å²) >= 11 is 0. The zero-order chi connectivity index (χ0) is 26.5. The van der Waals surface area contributed by atoms with Crippen LogP contribution in [-0.2, 0) is 15.8 Å². The minimum Gasteiger partial charge on any atom is -0.367 e. The number of likely N-dealkylation sites (N-methyl/N-ethyl adjacent to an activating group) is 1. The highest BCUT2D eigenvalue weighted by atomic mass is 35.5. The van der Waals surface area contributed by atoms with Gasteiger partial charge in [0.25, 0.3) is 0 Å². The van der Waals surface area contributed by atoms with E-state index >= 15 is 4.39 Å². The van der Waals surface area contributed by atoms with E-state index in [2.05, 4.69) is 10.3 Å². The summed E-state index contributed by atoms with van der Waals surface area (Å²) in [6.45, 7) is 3.92. The topological polar surface area (TPSA) is 68.8 Å². The summed E-state index contributed by atoms with van der Waals surface area (Å²) < 4.78 is 55.9. The number of amides is 2. The van der Waals surface area contributed by atoms with E-state index in [1.807, 2.05) is 4.90 Å². The van der Waals surface area contributed by atoms with Gasteiger partial charge in [-0.2, -0.15) is 13.2 Å². The number of anilines is 3. The second kappa shape index (κ2) is 10.7. The molecule has 38 heavy (non-hydrogen) atoms. The van der Waals surface area contributed by atoms with Gasteiger partial charge in [0.05, 0.1) is 16.9 Å². The lowest BCUT2D eigenvalue weighted by molar-refractivity contribution is -0.137. The predicted molar refractivity (Wildman–Crippen MR) is 138 cm³/mol. The van der Waals surface area contributed by atoms with Crippen LogP contribution in [0.25, 0.3) is 0 Å². The first-order valence-electron chi connectivity index (χ1n) is 12.4. The minimum absolute atomic E-state index is 0. The Bertz CT molecular complexity index is 1220. The second-order valence-electron chi connectivity index (χ2n) is 10.1. The average molecular weight is 556 g/mol. The maximum Gasteiger partial charge on any atom is 0.416 e. The number of nitrogens with zero attached hydrogens (tertiary/aromatic N) is 4. The number of hydrogen-bond acceptors (Lipinski definition) is 5. The van der Waals surface area contributed by atoms with Crippen molar-refractivity contribution in [2.75, 3.05) is 47.9 Å². The lowest BCUT2D eigenvalue weighted by Gasteiger charge is -2.40. The van der Waals surface area contributed by atoms with Crippen molar-refractivity contribution in [1.29, 1.82) is 0 Å². The summed E-state index contributed by atoms with van der Waals surface area (Å²) in [6, 6.07) is 5.20. The van der Waals surface area contributed by atoms with Gasteiger partial charge < -0.3 is 15.1 Å². The standard InChI is InChI=1S/C26H29F4N5O2.ClH/c1-15-10-18(26(28,29)30)12-21(32-15)35-22(36)11-17-14-34(13-16-6-8-31-9-7-16)24-19(27)4-3-5-20(24)33(2)25(37)23(17)35;/h3-5,10,12,16-17,23,31H,6-9,11,13-14H2,1-2H3;1H/t17?,23-;/m0./s1. The van der Waals surface area contributed by atoms with Crippen molar-refractivity contribution in [3.05, 3.63) is 47.4 Å². The second-order valence-corrected chi connectivity index (χ2v) is 10.1. The number of hydrogen-bond donors (Lipinski definition) is 1. The number of benzene rings is 1. The monoisotopic (exact) mass is 555 g/mol. The normalized spacial score (nSPS) is 22.5. The molecule has 3 aliphatic heterocycles. The molecule has 1 aromatic heterocycles. The van der Waals surface area contributed by atoms with Crippen LogP contribution < -0.4 is 20.0 Å². The number of carbonyl (C=O) groups is 2. The molecule has 4 heterocycles. The van der Waals surface area contributed by atoms with Gasteiger partial charge in [0.1, 0.15) is 17.7 Å². The van der Waals surface area contributed by atoms with Gasteiger partial charge in [-0.25, -0.2) is 9.37 Å². The van der Waals surface area contributed by atoms with E-state index in [0.717, 1.165) is 43.0 Å². The zero-order valence-electron chi connectivity index (χ0n) is 21.1. The van der Waals surface area contributed by atoms with Gasteiger partial charge in [0.2, 0.25) is 11.8 Å². The Morgan fingerprint density at radius 3 is 2.53 bits per heavy atom. The Balaban J connectivity index is 0.00000336. The molecular weight excluding hydrogens is 526 g/mol. The third kappa shape index (κ3) is 5.18. The van der Waals surface area contributed by atoms with Crippen molar-refractivity contribution in [3.8, 4) is 0 Å². The van der Waals surface area contributed by atoms with Crippen molar-refractivity contribution in [2.45, 2.75) is 38.4 Å². The van der Waals surface area contributed by atoms with Crippen molar-refractivity contribution in [3.63, 3.8) is 0 Å². The van der Waals surface area contributed by atoms with Crippen LogP contribution in [-0.4, -0.2) is 56.1 Å². The van der Waals surface area contributed by atoms with Crippen molar-refractivity contribution >= 4 is 41.4 Å². The van der Waals surface area contributed by atoms with E-state index in [0.29, 0.717) is 23.8 Å². The summed E-state index contributed by atoms with van der Waals surface area (Å²) in [7, 11) is 1.51. The maximum atomic E-state index is 15.3. The van der Waals surface area contributed by atoms with Crippen LogP contribution in [0, 0.1) is 24.6 Å². The number of fused-ring (bicyclic) bond motifs is 2. The fourth-order valence-electron chi connectivity index (χ4n) is 5.81. The highest BCUT2D eigenvalue weighted by Crippen LogP contribution is 2.41. The molecule has 2 fully saturated rings. The summed E-state index contributed by atoms with van der Waals surface area (Å²) in [5.41, 5.74) is -0.162. The summed E-state index contributed by atoms with van der Waals surface area (Å²) in [6.07, 6.45) is -2.84. The van der Waals surface area contributed by atoms with Gasteiger partial charge in [-0.15, -0.1) is 12.4 Å². The number of carbonyl (C=O) groups excluding carboxylic acids is 2. The number of aryl methyl sites for hydroxylation is 1. The Morgan fingerprint density at radius 2 is 1.84 bits per heavy atom. The highest BCUT2D eigenvalue weighted by molar-refractivity contribution is 6.10. The molecule has 0 spiro atoms. The zero-order valence-corrected chi connectivity index (χ0v) is 21.9. The molecule has 1 N–H and O–H groups in total. The molecule has 2 amide bonds. The lowest BCUT2D eigenvalue weighted by atomic mass is 9.93. The van der Waals surface area contributed by atoms with Crippen LogP contribution in [0.3, 0.4) is 0 Å². The third-order valence-electron chi connectivity index (χ3n) is 7.56. The van der Waals surface area contributed by atoms with Gasteiger partial charge in [-0.3, -0.25) is 14.5 Å². The highest BCUT2D eigenvalue weighted by Gasteiger charge is 2.49. The van der Waals surface area contributed by atoms with Crippen LogP contribution in [0.5, 0.6) is 0 Å². The molecular formula is C26H30ClF4N5O2. The number of nitrogens with one attached hydrogen (secondary N) is 1. The summed E-state index contributed by atoms with van der Waals surface area (Å²) in [5.74, 6) is -1.86. The number of para-hydroxylation sites is 1. The van der Waals surface area contributed by atoms with E-state index in [1.54, 1.807) is 6.07 Å². The molecule has 1 aromatic carbocycles. The van der Waals surface area contributed by atoms with Crippen LogP contribution >= 0.6 is 12.4 Å². The van der Waals surface area contributed by atoms with Gasteiger partial charge in [0, 0.05) is 38.2 Å². The summed E-state index contributed by atoms with van der Waals surface area (Å²) in [4.78, 5) is 35.6. The first-order chi connectivity index (χ1) is 17.5. The minimum atomic E-state index is -4.63. The van der Waals surface area contributed by atoms with Crippen LogP contribution in [0.1, 0.15) is 30.5 Å². The Hall–Kier alpha value is -2.92. The maximum absolute atomic E-state index is 15.3. The Kier molecular flexibility index (Phi) is 7.90. The van der Waals surface area contributed by atoms with E-state index in [9.17, 15) is 22.8 Å². The fourth-order valence-corrected chi connectivity index (χ4v) is 5.81. The molecule has 12 heteroatoms. The first kappa shape index (κ1) is 28.1. The van der Waals surface area contributed by atoms with Crippen LogP contribution in [0.4, 0.5) is 34.8 Å². The Morgan fingerprint density at radius 1 is 1.13 bits per heavy atom. The number of pyridine rings is 1. The van der Waals surface area contributed by atoms with E-state index in [1.165, 1.54) is 31.0 Å². The van der Waals surface area contributed by atoms with E-state index < -0.39 is 41.3 Å². The van der Waals surface area contributed by atoms with Crippen molar-refractivity contribution in [2.24, 2.45) is 11.8 Å². The van der Waals surface area contributed by atoms with E-state index in [-0.39, 0.29) is 36.9 Å². The molecule has 0 radical (unpaired) electrons. The molecule has 5 rings (SSSR count). The van der Waals surface area contributed by atoms with Gasteiger partial charge in [-0.1, -0.05) is 6.07 Å². The van der Waals surface area contributed by atoms with Crippen molar-refractivity contribution in [1.82, 2.24) is 10.3 Å². The number of aromatic nitrogens is 1. The van der Waals surface area contributed by atoms with Gasteiger partial charge in [0.15, 0.2) is 0 Å². The molecule has 1 unspecified atom stereocenters. The molecule has 0 aliphatic carbocycles. The first-order valence-corrected chi connectivity index (χ1v) is 12.4. The molecule has 2 saturated heterocycles. The molecule has 0 bridgehead atoms. The predicted octanol–water partition coefficient (Wildman–Crippen LogP) is 4.17. The number of rotatable bonds is 3. The Labute approximate surface area is 224 Å². The van der Waals surface area contributed by atoms with Gasteiger partial charge in [-0.05, 0) is 63.0 Å². The molecule has 2 atom stereocenters. The number of alkyl halides is 3. The molecule has 0 saturated carbocycles. The van der Waals surface area contributed by atoms with E-state index in [4.69, 9.17) is 0 Å². The summed E-state index contributed by atoms with van der Waals surface area (Å²) in [5, 5.41) is 3.32. The van der Waals surface area contributed by atoms with Gasteiger partial charge >= 0.3 is 6.18 Å². The number of piperidine rings is 1. The third-order valence-corrected chi connectivity index (χ3v) is 7.56.